The molecule has 0 bridgehead atoms. The Morgan fingerprint density at radius 1 is 0.735 bits per heavy atom. The molecule has 0 spiro atoms. The maximum absolute atomic E-state index is 12.7. The Hall–Kier alpha value is -4.30. The minimum absolute atomic E-state index is 0.0979. The van der Waals surface area contributed by atoms with Crippen LogP contribution in [-0.4, -0.2) is 14.3 Å². The number of anilines is 4. The first-order chi connectivity index (χ1) is 16.4. The summed E-state index contributed by atoms with van der Waals surface area (Å²) in [6.07, 6.45) is 0. The van der Waals surface area contributed by atoms with Gasteiger partial charge in [-0.2, -0.15) is 0 Å². The van der Waals surface area contributed by atoms with Crippen LogP contribution in [0.1, 0.15) is 15.9 Å². The standard InChI is InChI=1S/C26H24N4O3S/c27-25-12-5-4-7-20(25)18-28-23-11-6-8-19(17-23)26(31)29-21-13-15-24(16-14-21)34(32,33)30-22-9-2-1-3-10-22/h1-17,28,30H,18,27H2,(H,29,31). The van der Waals surface area contributed by atoms with Gasteiger partial charge in [-0.3, -0.25) is 9.52 Å². The SMILES string of the molecule is Nc1ccccc1CNc1cccc(C(=O)Nc2ccc(S(=O)(=O)Nc3ccccc3)cc2)c1. The highest BCUT2D eigenvalue weighted by atomic mass is 32.2. The number of nitrogens with two attached hydrogens (primary N) is 1. The lowest BCUT2D eigenvalue weighted by molar-refractivity contribution is 0.102. The van der Waals surface area contributed by atoms with Gasteiger partial charge in [-0.25, -0.2) is 8.42 Å². The van der Waals surface area contributed by atoms with Crippen molar-refractivity contribution >= 4 is 38.7 Å². The molecule has 1 amide bonds. The number of amides is 1. The largest absolute Gasteiger partial charge is 0.398 e. The average molecular weight is 473 g/mol. The first kappa shape index (κ1) is 22.9. The Labute approximate surface area is 198 Å². The molecule has 0 radical (unpaired) electrons. The molecule has 8 heteroatoms. The van der Waals surface area contributed by atoms with Crippen molar-refractivity contribution < 1.29 is 13.2 Å². The van der Waals surface area contributed by atoms with Crippen molar-refractivity contribution in [2.75, 3.05) is 21.1 Å². The van der Waals surface area contributed by atoms with Gasteiger partial charge in [-0.15, -0.1) is 0 Å². The molecule has 4 aromatic carbocycles. The van der Waals surface area contributed by atoms with Crippen molar-refractivity contribution in [3.05, 3.63) is 114 Å². The Kier molecular flexibility index (Phi) is 6.79. The van der Waals surface area contributed by atoms with Crippen LogP contribution in [0.2, 0.25) is 0 Å². The topological polar surface area (TPSA) is 113 Å². The first-order valence-corrected chi connectivity index (χ1v) is 12.1. The van der Waals surface area contributed by atoms with Crippen LogP contribution in [0.3, 0.4) is 0 Å². The fraction of sp³-hybridized carbons (Fsp3) is 0.0385. The molecule has 0 heterocycles. The number of hydrogen-bond acceptors (Lipinski definition) is 5. The summed E-state index contributed by atoms with van der Waals surface area (Å²) in [5, 5.41) is 6.07. The Morgan fingerprint density at radius 2 is 1.41 bits per heavy atom. The van der Waals surface area contributed by atoms with E-state index in [-0.39, 0.29) is 10.8 Å². The molecule has 0 saturated carbocycles. The second-order valence-electron chi connectivity index (χ2n) is 7.58. The van der Waals surface area contributed by atoms with Crippen LogP contribution in [0, 0.1) is 0 Å². The van der Waals surface area contributed by atoms with Crippen LogP contribution >= 0.6 is 0 Å². The lowest BCUT2D eigenvalue weighted by Crippen LogP contribution is -2.14. The molecule has 0 saturated heterocycles. The second-order valence-corrected chi connectivity index (χ2v) is 9.27. The van der Waals surface area contributed by atoms with E-state index in [0.717, 1.165) is 11.3 Å². The van der Waals surface area contributed by atoms with E-state index in [1.54, 1.807) is 60.7 Å². The van der Waals surface area contributed by atoms with Crippen molar-refractivity contribution in [1.82, 2.24) is 0 Å². The number of rotatable bonds is 8. The fourth-order valence-electron chi connectivity index (χ4n) is 3.30. The molecule has 0 aliphatic heterocycles. The van der Waals surface area contributed by atoms with Crippen LogP contribution in [0.5, 0.6) is 0 Å². The summed E-state index contributed by atoms with van der Waals surface area (Å²) < 4.78 is 27.7. The molecule has 5 N–H and O–H groups in total. The van der Waals surface area contributed by atoms with E-state index in [2.05, 4.69) is 15.4 Å². The average Bonchev–Trinajstić information content (AvgIpc) is 2.84. The number of benzene rings is 4. The van der Waals surface area contributed by atoms with Crippen LogP contribution in [0.4, 0.5) is 22.7 Å². The van der Waals surface area contributed by atoms with Crippen LogP contribution in [-0.2, 0) is 16.6 Å². The number of carbonyl (C=O) groups excluding carboxylic acids is 1. The summed E-state index contributed by atoms with van der Waals surface area (Å²) in [4.78, 5) is 12.8. The third-order valence-electron chi connectivity index (χ3n) is 5.11. The van der Waals surface area contributed by atoms with Crippen molar-refractivity contribution in [1.29, 1.82) is 0 Å². The van der Waals surface area contributed by atoms with Gasteiger partial charge in [0.2, 0.25) is 0 Å². The van der Waals surface area contributed by atoms with Crippen molar-refractivity contribution in [2.24, 2.45) is 0 Å². The van der Waals surface area contributed by atoms with E-state index in [4.69, 9.17) is 5.73 Å². The minimum atomic E-state index is -3.73. The molecular weight excluding hydrogens is 448 g/mol. The highest BCUT2D eigenvalue weighted by molar-refractivity contribution is 7.92. The van der Waals surface area contributed by atoms with Gasteiger partial charge in [0.15, 0.2) is 0 Å². The van der Waals surface area contributed by atoms with Crippen LogP contribution < -0.4 is 21.1 Å². The van der Waals surface area contributed by atoms with Gasteiger partial charge in [0.25, 0.3) is 15.9 Å². The zero-order chi connectivity index (χ0) is 24.0. The molecule has 0 aliphatic rings. The molecule has 0 aromatic heterocycles. The maximum atomic E-state index is 12.7. The Bertz CT molecular complexity index is 1390. The number of para-hydroxylation sites is 2. The number of nitrogen functional groups attached to an aromatic ring is 1. The van der Waals surface area contributed by atoms with E-state index in [1.807, 2.05) is 30.3 Å². The van der Waals surface area contributed by atoms with E-state index < -0.39 is 10.0 Å². The molecule has 172 valence electrons. The summed E-state index contributed by atoms with van der Waals surface area (Å²) in [7, 11) is -3.73. The zero-order valence-electron chi connectivity index (χ0n) is 18.2. The van der Waals surface area contributed by atoms with Crippen LogP contribution in [0.15, 0.2) is 108 Å². The highest BCUT2D eigenvalue weighted by Gasteiger charge is 2.14. The maximum Gasteiger partial charge on any atom is 0.261 e. The van der Waals surface area contributed by atoms with Crippen molar-refractivity contribution in [2.45, 2.75) is 11.4 Å². The third kappa shape index (κ3) is 5.73. The molecule has 0 fully saturated rings. The predicted molar refractivity (Wildman–Crippen MR) is 136 cm³/mol. The van der Waals surface area contributed by atoms with Gasteiger partial charge in [0.05, 0.1) is 4.90 Å². The molecule has 0 atom stereocenters. The fourth-order valence-corrected chi connectivity index (χ4v) is 4.36. The van der Waals surface area contributed by atoms with Crippen molar-refractivity contribution in [3.63, 3.8) is 0 Å². The Balaban J connectivity index is 1.40. The van der Waals surface area contributed by atoms with Gasteiger partial charge < -0.3 is 16.4 Å². The van der Waals surface area contributed by atoms with Gasteiger partial charge in [0, 0.05) is 34.9 Å². The van der Waals surface area contributed by atoms with Gasteiger partial charge >= 0.3 is 0 Å². The molecular formula is C26H24N4O3S. The monoisotopic (exact) mass is 472 g/mol. The number of hydrogen-bond donors (Lipinski definition) is 4. The molecule has 0 unspecified atom stereocenters. The second kappa shape index (κ2) is 10.1. The third-order valence-corrected chi connectivity index (χ3v) is 6.51. The first-order valence-electron chi connectivity index (χ1n) is 10.6. The summed E-state index contributed by atoms with van der Waals surface area (Å²) in [6.45, 7) is 0.532. The summed E-state index contributed by atoms with van der Waals surface area (Å²) >= 11 is 0. The van der Waals surface area contributed by atoms with E-state index in [1.165, 1.54) is 12.1 Å². The summed E-state index contributed by atoms with van der Waals surface area (Å²) in [5.74, 6) is -0.305. The quantitative estimate of drug-likeness (QED) is 0.272. The van der Waals surface area contributed by atoms with E-state index in [9.17, 15) is 13.2 Å². The minimum Gasteiger partial charge on any atom is -0.398 e. The van der Waals surface area contributed by atoms with Crippen LogP contribution in [0.25, 0.3) is 0 Å². The summed E-state index contributed by atoms with van der Waals surface area (Å²) in [5.41, 5.74) is 9.86. The normalized spacial score (nSPS) is 10.9. The molecule has 7 nitrogen and oxygen atoms in total. The predicted octanol–water partition coefficient (Wildman–Crippen LogP) is 4.93. The molecule has 4 aromatic rings. The number of sulfonamides is 1. The molecule has 34 heavy (non-hydrogen) atoms. The van der Waals surface area contributed by atoms with E-state index >= 15 is 0 Å². The Morgan fingerprint density at radius 3 is 2.15 bits per heavy atom. The summed E-state index contributed by atoms with van der Waals surface area (Å²) in [6, 6.07) is 29.3. The number of nitrogens with one attached hydrogen (secondary N) is 3. The molecule has 0 aliphatic carbocycles. The smallest absolute Gasteiger partial charge is 0.261 e. The highest BCUT2D eigenvalue weighted by Crippen LogP contribution is 2.20. The van der Waals surface area contributed by atoms with Gasteiger partial charge in [-0.05, 0) is 66.2 Å². The zero-order valence-corrected chi connectivity index (χ0v) is 19.0. The lowest BCUT2D eigenvalue weighted by atomic mass is 10.1. The van der Waals surface area contributed by atoms with Gasteiger partial charge in [0.1, 0.15) is 0 Å². The van der Waals surface area contributed by atoms with Crippen molar-refractivity contribution in [3.8, 4) is 0 Å². The lowest BCUT2D eigenvalue weighted by Gasteiger charge is -2.11. The molecule has 4 rings (SSSR count). The van der Waals surface area contributed by atoms with Gasteiger partial charge in [-0.1, -0.05) is 42.5 Å². The van der Waals surface area contributed by atoms with E-state index in [0.29, 0.717) is 29.2 Å². The number of carbonyl (C=O) groups is 1.